The number of aromatic nitrogens is 2. The lowest BCUT2D eigenvalue weighted by atomic mass is 10.1. The number of halogens is 1. The zero-order valence-electron chi connectivity index (χ0n) is 18.4. The summed E-state index contributed by atoms with van der Waals surface area (Å²) in [5.74, 6) is 0. The summed E-state index contributed by atoms with van der Waals surface area (Å²) in [6.07, 6.45) is 1.82. The Hall–Kier alpha value is -3.83. The van der Waals surface area contributed by atoms with Crippen LogP contribution in [0.15, 0.2) is 79.0 Å². The van der Waals surface area contributed by atoms with Gasteiger partial charge in [-0.2, -0.15) is 0 Å². The van der Waals surface area contributed by atoms with Crippen molar-refractivity contribution in [3.05, 3.63) is 101 Å². The number of hydrogen-bond acceptors (Lipinski definition) is 2. The minimum atomic E-state index is -0.279. The van der Waals surface area contributed by atoms with Gasteiger partial charge in [0.25, 0.3) is 0 Å². The van der Waals surface area contributed by atoms with Crippen LogP contribution in [-0.4, -0.2) is 15.6 Å². The molecule has 5 nitrogen and oxygen atoms in total. The molecule has 164 valence electrons. The van der Waals surface area contributed by atoms with Crippen molar-refractivity contribution in [1.82, 2.24) is 9.55 Å². The Kier molecular flexibility index (Phi) is 5.48. The molecule has 2 heterocycles. The number of anilines is 2. The van der Waals surface area contributed by atoms with E-state index in [2.05, 4.69) is 26.3 Å². The van der Waals surface area contributed by atoms with Gasteiger partial charge in [0, 0.05) is 45.4 Å². The van der Waals surface area contributed by atoms with Gasteiger partial charge in [0.15, 0.2) is 0 Å². The first kappa shape index (κ1) is 21.0. The van der Waals surface area contributed by atoms with Crippen LogP contribution in [0.25, 0.3) is 21.8 Å². The second-order valence-corrected chi connectivity index (χ2v) is 8.62. The fourth-order valence-corrected chi connectivity index (χ4v) is 4.43. The molecule has 0 unspecified atom stereocenters. The maximum Gasteiger partial charge on any atom is 0.323 e. The summed E-state index contributed by atoms with van der Waals surface area (Å²) in [6.45, 7) is 4.71. The van der Waals surface area contributed by atoms with E-state index < -0.39 is 0 Å². The Morgan fingerprint density at radius 2 is 1.67 bits per heavy atom. The Bertz CT molecular complexity index is 1490. The van der Waals surface area contributed by atoms with Crippen LogP contribution in [0.2, 0.25) is 5.02 Å². The highest BCUT2D eigenvalue weighted by Gasteiger charge is 2.15. The van der Waals surface area contributed by atoms with Crippen molar-refractivity contribution in [1.29, 1.82) is 0 Å². The summed E-state index contributed by atoms with van der Waals surface area (Å²) in [5, 5.41) is 8.70. The van der Waals surface area contributed by atoms with Crippen molar-refractivity contribution < 1.29 is 4.79 Å². The topological polar surface area (TPSA) is 59.0 Å². The third-order valence-corrected chi connectivity index (χ3v) is 5.99. The van der Waals surface area contributed by atoms with Crippen LogP contribution in [-0.2, 0) is 6.54 Å². The van der Waals surface area contributed by atoms with Gasteiger partial charge in [0.05, 0.1) is 11.2 Å². The van der Waals surface area contributed by atoms with Gasteiger partial charge in [-0.3, -0.25) is 4.98 Å². The highest BCUT2D eigenvalue weighted by Crippen LogP contribution is 2.33. The molecule has 0 bridgehead atoms. The van der Waals surface area contributed by atoms with Crippen LogP contribution in [0.1, 0.15) is 16.8 Å². The molecule has 5 rings (SSSR count). The second kappa shape index (κ2) is 8.60. The lowest BCUT2D eigenvalue weighted by Crippen LogP contribution is -2.19. The minimum absolute atomic E-state index is 0.279. The number of rotatable bonds is 4. The SMILES string of the molecule is Cc1ccc(NC(=O)Nc2ccc3c(c2)c2ccnc(C)c2n3Cc2cccc(Cl)c2)cc1. The molecule has 0 aliphatic heterocycles. The summed E-state index contributed by atoms with van der Waals surface area (Å²) in [5.41, 5.74) is 6.84. The van der Waals surface area contributed by atoms with E-state index in [0.29, 0.717) is 11.6 Å². The van der Waals surface area contributed by atoms with E-state index in [9.17, 15) is 4.79 Å². The van der Waals surface area contributed by atoms with E-state index in [4.69, 9.17) is 11.6 Å². The van der Waals surface area contributed by atoms with Crippen molar-refractivity contribution in [2.45, 2.75) is 20.4 Å². The number of fused-ring (bicyclic) bond motifs is 3. The third-order valence-electron chi connectivity index (χ3n) is 5.75. The zero-order valence-corrected chi connectivity index (χ0v) is 19.1. The Balaban J connectivity index is 1.51. The van der Waals surface area contributed by atoms with Crippen molar-refractivity contribution in [2.75, 3.05) is 10.6 Å². The van der Waals surface area contributed by atoms with E-state index in [1.165, 1.54) is 0 Å². The molecule has 5 aromatic rings. The number of aryl methyl sites for hydroxylation is 2. The Morgan fingerprint density at radius 3 is 2.45 bits per heavy atom. The molecule has 3 aromatic carbocycles. The number of carbonyl (C=O) groups is 1. The average Bonchev–Trinajstić information content (AvgIpc) is 3.09. The lowest BCUT2D eigenvalue weighted by molar-refractivity contribution is 0.262. The number of amides is 2. The van der Waals surface area contributed by atoms with E-state index in [-0.39, 0.29) is 6.03 Å². The van der Waals surface area contributed by atoms with Crippen LogP contribution in [0, 0.1) is 13.8 Å². The molecule has 0 spiro atoms. The Labute approximate surface area is 197 Å². The van der Waals surface area contributed by atoms with Crippen molar-refractivity contribution in [2.24, 2.45) is 0 Å². The van der Waals surface area contributed by atoms with E-state index in [0.717, 1.165) is 50.0 Å². The summed E-state index contributed by atoms with van der Waals surface area (Å²) in [4.78, 5) is 17.1. The highest BCUT2D eigenvalue weighted by molar-refractivity contribution is 6.30. The number of carbonyl (C=O) groups excluding carboxylic acids is 1. The summed E-state index contributed by atoms with van der Waals surface area (Å²) in [6, 6.07) is 23.3. The molecule has 0 aliphatic rings. The van der Waals surface area contributed by atoms with Crippen molar-refractivity contribution >= 4 is 50.8 Å². The van der Waals surface area contributed by atoms with Crippen molar-refractivity contribution in [3.8, 4) is 0 Å². The first-order chi connectivity index (χ1) is 16.0. The minimum Gasteiger partial charge on any atom is -0.334 e. The fraction of sp³-hybridized carbons (Fsp3) is 0.111. The smallest absolute Gasteiger partial charge is 0.323 e. The van der Waals surface area contributed by atoms with Gasteiger partial charge in [0.1, 0.15) is 0 Å². The molecule has 0 atom stereocenters. The van der Waals surface area contributed by atoms with Gasteiger partial charge in [-0.05, 0) is 67.9 Å². The number of benzene rings is 3. The molecule has 2 amide bonds. The third kappa shape index (κ3) is 4.28. The molecule has 0 fully saturated rings. The van der Waals surface area contributed by atoms with Gasteiger partial charge in [-0.1, -0.05) is 41.4 Å². The Morgan fingerprint density at radius 1 is 0.909 bits per heavy atom. The van der Waals surface area contributed by atoms with Gasteiger partial charge in [0.2, 0.25) is 0 Å². The zero-order chi connectivity index (χ0) is 22.9. The molecule has 2 aromatic heterocycles. The largest absolute Gasteiger partial charge is 0.334 e. The molecule has 0 aliphatic carbocycles. The molecule has 0 saturated carbocycles. The number of urea groups is 1. The van der Waals surface area contributed by atoms with Gasteiger partial charge in [-0.25, -0.2) is 4.79 Å². The average molecular weight is 455 g/mol. The molecule has 2 N–H and O–H groups in total. The quantitative estimate of drug-likeness (QED) is 0.303. The number of hydrogen-bond donors (Lipinski definition) is 2. The summed E-state index contributed by atoms with van der Waals surface area (Å²) in [7, 11) is 0. The van der Waals surface area contributed by atoms with Crippen LogP contribution in [0.3, 0.4) is 0 Å². The lowest BCUT2D eigenvalue weighted by Gasteiger charge is -2.10. The fourth-order valence-electron chi connectivity index (χ4n) is 4.21. The summed E-state index contributed by atoms with van der Waals surface area (Å²) >= 11 is 6.22. The van der Waals surface area contributed by atoms with Crippen LogP contribution in [0.5, 0.6) is 0 Å². The van der Waals surface area contributed by atoms with Crippen LogP contribution in [0.4, 0.5) is 16.2 Å². The molecule has 6 heteroatoms. The number of nitrogens with zero attached hydrogens (tertiary/aromatic N) is 2. The molecular formula is C27H23ClN4O. The van der Waals surface area contributed by atoms with Gasteiger partial charge < -0.3 is 15.2 Å². The number of pyridine rings is 1. The normalized spacial score (nSPS) is 11.1. The monoisotopic (exact) mass is 454 g/mol. The summed E-state index contributed by atoms with van der Waals surface area (Å²) < 4.78 is 2.26. The molecule has 0 saturated heterocycles. The van der Waals surface area contributed by atoms with Gasteiger partial charge in [-0.15, -0.1) is 0 Å². The first-order valence-electron chi connectivity index (χ1n) is 10.7. The highest BCUT2D eigenvalue weighted by atomic mass is 35.5. The number of nitrogens with one attached hydrogen (secondary N) is 2. The second-order valence-electron chi connectivity index (χ2n) is 8.19. The van der Waals surface area contributed by atoms with Crippen LogP contribution >= 0.6 is 11.6 Å². The van der Waals surface area contributed by atoms with Crippen LogP contribution < -0.4 is 10.6 Å². The molecule has 0 radical (unpaired) electrons. The van der Waals surface area contributed by atoms with E-state index in [1.54, 1.807) is 0 Å². The first-order valence-corrected chi connectivity index (χ1v) is 11.1. The van der Waals surface area contributed by atoms with E-state index >= 15 is 0 Å². The van der Waals surface area contributed by atoms with Gasteiger partial charge >= 0.3 is 6.03 Å². The maximum atomic E-state index is 12.5. The predicted molar refractivity (Wildman–Crippen MR) is 136 cm³/mol. The van der Waals surface area contributed by atoms with Crippen molar-refractivity contribution in [3.63, 3.8) is 0 Å². The maximum absolute atomic E-state index is 12.5. The van der Waals surface area contributed by atoms with E-state index in [1.807, 2.05) is 86.8 Å². The predicted octanol–water partition coefficient (Wildman–Crippen LogP) is 7.15. The molecular weight excluding hydrogens is 432 g/mol. The standard InChI is InChI=1S/C27H23ClN4O/c1-17-6-8-21(9-7-17)30-27(33)31-22-10-11-25-24(15-22)23-12-13-29-18(2)26(23)32(25)16-19-4-3-5-20(28)14-19/h3-15H,16H2,1-2H3,(H2,30,31,33). The molecule has 33 heavy (non-hydrogen) atoms.